The number of rotatable bonds is 6. The van der Waals surface area contributed by atoms with Crippen molar-refractivity contribution < 1.29 is 9.18 Å². The van der Waals surface area contributed by atoms with E-state index in [0.29, 0.717) is 16.6 Å². The molecule has 0 aromatic heterocycles. The number of amides is 1. The zero-order chi connectivity index (χ0) is 12.7. The van der Waals surface area contributed by atoms with Crippen LogP contribution in [0.4, 0.5) is 4.39 Å². The Morgan fingerprint density at radius 2 is 2.24 bits per heavy atom. The van der Waals surface area contributed by atoms with Gasteiger partial charge in [0.1, 0.15) is 5.82 Å². The summed E-state index contributed by atoms with van der Waals surface area (Å²) in [5.41, 5.74) is 0.357. The van der Waals surface area contributed by atoms with E-state index in [1.165, 1.54) is 12.1 Å². The van der Waals surface area contributed by atoms with Crippen LogP contribution in [0.2, 0.25) is 0 Å². The van der Waals surface area contributed by atoms with E-state index in [4.69, 9.17) is 0 Å². The number of unbranched alkanes of at least 4 members (excludes halogenated alkanes) is 1. The fraction of sp³-hybridized carbons (Fsp3) is 0.417. The molecule has 1 aromatic rings. The second-order valence-electron chi connectivity index (χ2n) is 3.58. The number of carbonyl (C=O) groups excluding carboxylic acids is 1. The smallest absolute Gasteiger partial charge is 0.251 e. The van der Waals surface area contributed by atoms with E-state index >= 15 is 0 Å². The second-order valence-corrected chi connectivity index (χ2v) is 5.42. The van der Waals surface area contributed by atoms with Gasteiger partial charge in [-0.2, -0.15) is 11.8 Å². The fourth-order valence-corrected chi connectivity index (χ4v) is 2.05. The molecule has 0 saturated carbocycles. The normalized spacial score (nSPS) is 10.3. The van der Waals surface area contributed by atoms with Crippen molar-refractivity contribution >= 4 is 33.6 Å². The molecule has 0 aliphatic carbocycles. The Kier molecular flexibility index (Phi) is 6.58. The van der Waals surface area contributed by atoms with Crippen molar-refractivity contribution in [1.82, 2.24) is 5.32 Å². The number of thioether (sulfide) groups is 1. The molecule has 1 N–H and O–H groups in total. The molecule has 1 rings (SSSR count). The Morgan fingerprint density at radius 1 is 1.47 bits per heavy atom. The van der Waals surface area contributed by atoms with E-state index in [1.54, 1.807) is 17.8 Å². The molecule has 0 aliphatic heterocycles. The maximum absolute atomic E-state index is 13.2. The number of benzene rings is 1. The third-order valence-electron chi connectivity index (χ3n) is 2.24. The lowest BCUT2D eigenvalue weighted by Gasteiger charge is -2.05. The molecule has 5 heteroatoms. The molecule has 0 radical (unpaired) electrons. The Bertz CT molecular complexity index is 387. The standard InChI is InChI=1S/C12H15BrFNOS/c1-17-7-3-2-6-15-12(16)9-4-5-10(13)11(14)8-9/h4-5,8H,2-3,6-7H2,1H3,(H,15,16). The van der Waals surface area contributed by atoms with Crippen LogP contribution >= 0.6 is 27.7 Å². The average Bonchev–Trinajstić information content (AvgIpc) is 2.32. The van der Waals surface area contributed by atoms with Gasteiger partial charge in [0.05, 0.1) is 4.47 Å². The number of hydrogen-bond donors (Lipinski definition) is 1. The van der Waals surface area contributed by atoms with Crippen molar-refractivity contribution in [2.75, 3.05) is 18.6 Å². The van der Waals surface area contributed by atoms with Crippen LogP contribution in [-0.2, 0) is 0 Å². The summed E-state index contributed by atoms with van der Waals surface area (Å²) in [4.78, 5) is 11.6. The van der Waals surface area contributed by atoms with Gasteiger partial charge in [-0.1, -0.05) is 0 Å². The largest absolute Gasteiger partial charge is 0.352 e. The predicted molar refractivity (Wildman–Crippen MR) is 74.0 cm³/mol. The van der Waals surface area contributed by atoms with Crippen molar-refractivity contribution in [3.8, 4) is 0 Å². The van der Waals surface area contributed by atoms with Gasteiger partial charge in [0.25, 0.3) is 5.91 Å². The van der Waals surface area contributed by atoms with E-state index in [-0.39, 0.29) is 5.91 Å². The van der Waals surface area contributed by atoms with Gasteiger partial charge >= 0.3 is 0 Å². The minimum atomic E-state index is -0.417. The van der Waals surface area contributed by atoms with Gasteiger partial charge in [-0.15, -0.1) is 0 Å². The first-order valence-electron chi connectivity index (χ1n) is 5.37. The van der Waals surface area contributed by atoms with Crippen LogP contribution in [0, 0.1) is 5.82 Å². The maximum Gasteiger partial charge on any atom is 0.251 e. The molecular weight excluding hydrogens is 305 g/mol. The molecule has 1 aromatic carbocycles. The van der Waals surface area contributed by atoms with Crippen LogP contribution in [0.15, 0.2) is 22.7 Å². The van der Waals surface area contributed by atoms with Gasteiger partial charge in [-0.05, 0) is 59.0 Å². The van der Waals surface area contributed by atoms with Crippen molar-refractivity contribution in [1.29, 1.82) is 0 Å². The maximum atomic E-state index is 13.2. The quantitative estimate of drug-likeness (QED) is 0.813. The third kappa shape index (κ3) is 5.08. The SMILES string of the molecule is CSCCCCNC(=O)c1ccc(Br)c(F)c1. The Balaban J connectivity index is 2.39. The first-order chi connectivity index (χ1) is 8.15. The minimum Gasteiger partial charge on any atom is -0.352 e. The predicted octanol–water partition coefficient (Wildman–Crippen LogP) is 3.46. The monoisotopic (exact) mass is 319 g/mol. The van der Waals surface area contributed by atoms with Gasteiger partial charge in [0.2, 0.25) is 0 Å². The van der Waals surface area contributed by atoms with Crippen LogP contribution in [0.1, 0.15) is 23.2 Å². The van der Waals surface area contributed by atoms with Crippen LogP contribution in [0.3, 0.4) is 0 Å². The van der Waals surface area contributed by atoms with Crippen molar-refractivity contribution in [2.24, 2.45) is 0 Å². The Hall–Kier alpha value is -0.550. The fourth-order valence-electron chi connectivity index (χ4n) is 1.31. The summed E-state index contributed by atoms with van der Waals surface area (Å²) in [7, 11) is 0. The molecule has 0 atom stereocenters. The summed E-state index contributed by atoms with van der Waals surface area (Å²) in [6, 6.07) is 4.38. The number of carbonyl (C=O) groups is 1. The van der Waals surface area contributed by atoms with Crippen LogP contribution in [0.5, 0.6) is 0 Å². The Labute approximate surface area is 113 Å². The molecule has 0 fully saturated rings. The first kappa shape index (κ1) is 14.5. The summed E-state index contributed by atoms with van der Waals surface area (Å²) in [5, 5.41) is 2.77. The number of nitrogens with one attached hydrogen (secondary N) is 1. The van der Waals surface area contributed by atoms with Gasteiger partial charge in [-0.3, -0.25) is 4.79 Å². The van der Waals surface area contributed by atoms with Crippen LogP contribution < -0.4 is 5.32 Å². The third-order valence-corrected chi connectivity index (χ3v) is 3.58. The van der Waals surface area contributed by atoms with Gasteiger partial charge < -0.3 is 5.32 Å². The van der Waals surface area contributed by atoms with Crippen molar-refractivity contribution in [3.63, 3.8) is 0 Å². The molecule has 94 valence electrons. The first-order valence-corrected chi connectivity index (χ1v) is 7.56. The van der Waals surface area contributed by atoms with E-state index in [2.05, 4.69) is 27.5 Å². The molecule has 0 unspecified atom stereocenters. The van der Waals surface area contributed by atoms with E-state index < -0.39 is 5.82 Å². The number of halogens is 2. The van der Waals surface area contributed by atoms with E-state index in [1.807, 2.05) is 0 Å². The lowest BCUT2D eigenvalue weighted by Crippen LogP contribution is -2.24. The molecule has 17 heavy (non-hydrogen) atoms. The van der Waals surface area contributed by atoms with Gasteiger partial charge in [0, 0.05) is 12.1 Å². The molecule has 0 bridgehead atoms. The lowest BCUT2D eigenvalue weighted by atomic mass is 10.2. The Morgan fingerprint density at radius 3 is 2.88 bits per heavy atom. The molecule has 0 aliphatic rings. The van der Waals surface area contributed by atoms with Crippen LogP contribution in [0.25, 0.3) is 0 Å². The highest BCUT2D eigenvalue weighted by Gasteiger charge is 2.07. The second kappa shape index (κ2) is 7.71. The summed E-state index contributed by atoms with van der Waals surface area (Å²) >= 11 is 4.84. The number of hydrogen-bond acceptors (Lipinski definition) is 2. The summed E-state index contributed by atoms with van der Waals surface area (Å²) < 4.78 is 13.6. The summed E-state index contributed by atoms with van der Waals surface area (Å²) in [6.07, 6.45) is 4.09. The summed E-state index contributed by atoms with van der Waals surface area (Å²) in [6.45, 7) is 0.636. The topological polar surface area (TPSA) is 29.1 Å². The van der Waals surface area contributed by atoms with E-state index in [0.717, 1.165) is 18.6 Å². The van der Waals surface area contributed by atoms with Crippen molar-refractivity contribution in [2.45, 2.75) is 12.8 Å². The highest BCUT2D eigenvalue weighted by atomic mass is 79.9. The summed E-state index contributed by atoms with van der Waals surface area (Å²) in [5.74, 6) is 0.462. The van der Waals surface area contributed by atoms with Gasteiger partial charge in [-0.25, -0.2) is 4.39 Å². The molecule has 0 spiro atoms. The molecule has 1 amide bonds. The average molecular weight is 320 g/mol. The molecule has 2 nitrogen and oxygen atoms in total. The lowest BCUT2D eigenvalue weighted by molar-refractivity contribution is 0.0952. The zero-order valence-electron chi connectivity index (χ0n) is 9.63. The highest BCUT2D eigenvalue weighted by Crippen LogP contribution is 2.16. The molecular formula is C12H15BrFNOS. The zero-order valence-corrected chi connectivity index (χ0v) is 12.0. The van der Waals surface area contributed by atoms with Gasteiger partial charge in [0.15, 0.2) is 0 Å². The highest BCUT2D eigenvalue weighted by molar-refractivity contribution is 9.10. The minimum absolute atomic E-state index is 0.222. The molecule has 0 saturated heterocycles. The van der Waals surface area contributed by atoms with Crippen LogP contribution in [-0.4, -0.2) is 24.5 Å². The van der Waals surface area contributed by atoms with E-state index in [9.17, 15) is 9.18 Å². The molecule has 0 heterocycles. The van der Waals surface area contributed by atoms with Crippen molar-refractivity contribution in [3.05, 3.63) is 34.1 Å².